The minimum absolute atomic E-state index is 0.0145. The van der Waals surface area contributed by atoms with Crippen LogP contribution in [0.1, 0.15) is 33.1 Å². The van der Waals surface area contributed by atoms with Gasteiger partial charge in [-0.05, 0) is 18.3 Å². The molecule has 1 unspecified atom stereocenters. The Bertz CT molecular complexity index is 236. The Balaban J connectivity index is 4.13. The van der Waals surface area contributed by atoms with Crippen LogP contribution in [-0.2, 0) is 9.84 Å². The molecule has 0 aromatic rings. The van der Waals surface area contributed by atoms with Gasteiger partial charge in [0.1, 0.15) is 9.84 Å². The van der Waals surface area contributed by atoms with Gasteiger partial charge in [0.2, 0.25) is 0 Å². The van der Waals surface area contributed by atoms with Crippen LogP contribution >= 0.6 is 11.6 Å². The maximum Gasteiger partial charge on any atom is 0.147 e. The lowest BCUT2D eigenvalue weighted by atomic mass is 9.85. The van der Waals surface area contributed by atoms with E-state index in [4.69, 9.17) is 11.6 Å². The van der Waals surface area contributed by atoms with Gasteiger partial charge in [-0.3, -0.25) is 0 Å². The fraction of sp³-hybridized carbons (Fsp3) is 1.00. The molecule has 13 heavy (non-hydrogen) atoms. The van der Waals surface area contributed by atoms with Crippen molar-refractivity contribution in [2.24, 2.45) is 5.41 Å². The number of alkyl halides is 1. The molecule has 0 heterocycles. The van der Waals surface area contributed by atoms with Crippen LogP contribution in [0, 0.1) is 5.41 Å². The molecule has 0 bridgehead atoms. The molecule has 0 aliphatic carbocycles. The van der Waals surface area contributed by atoms with Crippen molar-refractivity contribution in [1.29, 1.82) is 0 Å². The molecule has 0 spiro atoms. The minimum atomic E-state index is -2.84. The normalized spacial score (nSPS) is 16.9. The zero-order valence-corrected chi connectivity index (χ0v) is 10.2. The maximum absolute atomic E-state index is 11.0. The largest absolute Gasteiger partial charge is 0.229 e. The number of sulfone groups is 1. The SMILES string of the molecule is CCCC(C)(CCl)CCS(C)(=O)=O. The van der Waals surface area contributed by atoms with Gasteiger partial charge in [-0.15, -0.1) is 11.6 Å². The van der Waals surface area contributed by atoms with Crippen LogP contribution in [0.3, 0.4) is 0 Å². The summed E-state index contributed by atoms with van der Waals surface area (Å²) >= 11 is 5.82. The van der Waals surface area contributed by atoms with Crippen molar-refractivity contribution in [3.63, 3.8) is 0 Å². The van der Waals surface area contributed by atoms with Crippen LogP contribution < -0.4 is 0 Å². The zero-order chi connectivity index (χ0) is 10.5. The van der Waals surface area contributed by atoms with Crippen LogP contribution in [0.15, 0.2) is 0 Å². The van der Waals surface area contributed by atoms with E-state index in [1.807, 2.05) is 0 Å². The van der Waals surface area contributed by atoms with E-state index in [2.05, 4.69) is 13.8 Å². The molecular weight excluding hydrogens is 208 g/mol. The molecule has 0 aromatic carbocycles. The number of hydrogen-bond acceptors (Lipinski definition) is 2. The van der Waals surface area contributed by atoms with E-state index >= 15 is 0 Å². The third kappa shape index (κ3) is 6.33. The van der Waals surface area contributed by atoms with Gasteiger partial charge in [0.05, 0.1) is 5.75 Å². The van der Waals surface area contributed by atoms with Crippen molar-refractivity contribution in [2.75, 3.05) is 17.9 Å². The molecule has 0 aliphatic heterocycles. The number of hydrogen-bond donors (Lipinski definition) is 0. The molecule has 0 N–H and O–H groups in total. The highest BCUT2D eigenvalue weighted by atomic mass is 35.5. The fourth-order valence-corrected chi connectivity index (χ4v) is 2.42. The van der Waals surface area contributed by atoms with Crippen LogP contribution in [0.5, 0.6) is 0 Å². The molecule has 0 saturated carbocycles. The van der Waals surface area contributed by atoms with Crippen LogP contribution in [0.25, 0.3) is 0 Å². The fourth-order valence-electron chi connectivity index (χ4n) is 1.29. The van der Waals surface area contributed by atoms with Gasteiger partial charge < -0.3 is 0 Å². The number of halogens is 1. The first-order valence-corrected chi connectivity index (χ1v) is 7.16. The van der Waals surface area contributed by atoms with E-state index in [1.54, 1.807) is 0 Å². The average molecular weight is 227 g/mol. The van der Waals surface area contributed by atoms with Crippen molar-refractivity contribution in [3.8, 4) is 0 Å². The molecule has 0 aromatic heterocycles. The molecular formula is C9H19ClO2S. The van der Waals surface area contributed by atoms with E-state index in [0.717, 1.165) is 12.8 Å². The van der Waals surface area contributed by atoms with E-state index < -0.39 is 9.84 Å². The molecule has 0 aliphatic rings. The van der Waals surface area contributed by atoms with Gasteiger partial charge in [-0.1, -0.05) is 20.3 Å². The minimum Gasteiger partial charge on any atom is -0.229 e. The first-order valence-electron chi connectivity index (χ1n) is 4.57. The summed E-state index contributed by atoms with van der Waals surface area (Å²) in [5.41, 5.74) is -0.0145. The third-order valence-corrected chi connectivity index (χ3v) is 3.84. The predicted octanol–water partition coefficient (Wildman–Crippen LogP) is 2.47. The summed E-state index contributed by atoms with van der Waals surface area (Å²) in [5.74, 6) is 0.784. The summed E-state index contributed by atoms with van der Waals surface area (Å²) in [6.07, 6.45) is 3.98. The summed E-state index contributed by atoms with van der Waals surface area (Å²) < 4.78 is 21.9. The Morgan fingerprint density at radius 1 is 1.31 bits per heavy atom. The van der Waals surface area contributed by atoms with E-state index in [1.165, 1.54) is 6.26 Å². The molecule has 0 fully saturated rings. The zero-order valence-electron chi connectivity index (χ0n) is 8.64. The second-order valence-corrected chi connectivity index (χ2v) is 6.60. The Morgan fingerprint density at radius 3 is 2.15 bits per heavy atom. The molecule has 0 rings (SSSR count). The highest BCUT2D eigenvalue weighted by Crippen LogP contribution is 2.29. The lowest BCUT2D eigenvalue weighted by molar-refractivity contribution is 0.325. The molecule has 80 valence electrons. The van der Waals surface area contributed by atoms with E-state index in [-0.39, 0.29) is 11.2 Å². The molecule has 0 radical (unpaired) electrons. The van der Waals surface area contributed by atoms with Crippen molar-refractivity contribution in [2.45, 2.75) is 33.1 Å². The van der Waals surface area contributed by atoms with Crippen LogP contribution in [0.2, 0.25) is 0 Å². The topological polar surface area (TPSA) is 34.1 Å². The second-order valence-electron chi connectivity index (χ2n) is 4.07. The van der Waals surface area contributed by atoms with Gasteiger partial charge in [0.25, 0.3) is 0 Å². The van der Waals surface area contributed by atoms with Crippen molar-refractivity contribution >= 4 is 21.4 Å². The Labute approximate surface area is 86.6 Å². The third-order valence-electron chi connectivity index (χ3n) is 2.25. The summed E-state index contributed by atoms with van der Waals surface area (Å²) in [6, 6.07) is 0. The van der Waals surface area contributed by atoms with Gasteiger partial charge in [-0.2, -0.15) is 0 Å². The monoisotopic (exact) mass is 226 g/mol. The van der Waals surface area contributed by atoms with Gasteiger partial charge in [0, 0.05) is 12.1 Å². The molecule has 4 heteroatoms. The van der Waals surface area contributed by atoms with Crippen LogP contribution in [0.4, 0.5) is 0 Å². The summed E-state index contributed by atoms with van der Waals surface area (Å²) in [7, 11) is -2.84. The summed E-state index contributed by atoms with van der Waals surface area (Å²) in [5, 5.41) is 0. The van der Waals surface area contributed by atoms with Crippen molar-refractivity contribution in [1.82, 2.24) is 0 Å². The average Bonchev–Trinajstić information content (AvgIpc) is 2.01. The first-order chi connectivity index (χ1) is 5.83. The smallest absolute Gasteiger partial charge is 0.147 e. The molecule has 1 atom stereocenters. The Hall–Kier alpha value is 0.240. The van der Waals surface area contributed by atoms with Gasteiger partial charge in [-0.25, -0.2) is 8.42 Å². The Kier molecular flexibility index (Phi) is 5.30. The maximum atomic E-state index is 11.0. The predicted molar refractivity (Wildman–Crippen MR) is 58.1 cm³/mol. The quantitative estimate of drug-likeness (QED) is 0.652. The highest BCUT2D eigenvalue weighted by molar-refractivity contribution is 7.90. The number of rotatable bonds is 6. The highest BCUT2D eigenvalue weighted by Gasteiger charge is 2.23. The van der Waals surface area contributed by atoms with Crippen molar-refractivity contribution < 1.29 is 8.42 Å². The van der Waals surface area contributed by atoms with Crippen molar-refractivity contribution in [3.05, 3.63) is 0 Å². The molecule has 0 amide bonds. The van der Waals surface area contributed by atoms with Gasteiger partial charge in [0.15, 0.2) is 0 Å². The van der Waals surface area contributed by atoms with E-state index in [0.29, 0.717) is 12.3 Å². The lowest BCUT2D eigenvalue weighted by Gasteiger charge is -2.26. The van der Waals surface area contributed by atoms with Gasteiger partial charge >= 0.3 is 0 Å². The summed E-state index contributed by atoms with van der Waals surface area (Å²) in [6.45, 7) is 4.14. The second kappa shape index (κ2) is 5.20. The lowest BCUT2D eigenvalue weighted by Crippen LogP contribution is -2.22. The van der Waals surface area contributed by atoms with E-state index in [9.17, 15) is 8.42 Å². The molecule has 2 nitrogen and oxygen atoms in total. The van der Waals surface area contributed by atoms with Crippen LogP contribution in [-0.4, -0.2) is 26.3 Å². The first kappa shape index (κ1) is 13.2. The Morgan fingerprint density at radius 2 is 1.85 bits per heavy atom. The molecule has 0 saturated heterocycles. The summed E-state index contributed by atoms with van der Waals surface area (Å²) in [4.78, 5) is 0. The standard InChI is InChI=1S/C9H19ClO2S/c1-4-5-9(2,8-10)6-7-13(3,11)12/h4-8H2,1-3H3.